The normalized spacial score (nSPS) is 14.2. The SMILES string of the molecule is C=C(/C=C\c1ccccc1C)c1ccc2c(c1)C(C)(C)c1cc(I)ccc1-2. The van der Waals surface area contributed by atoms with Crippen LogP contribution in [0.25, 0.3) is 22.8 Å². The van der Waals surface area contributed by atoms with Crippen LogP contribution in [0.1, 0.15) is 41.7 Å². The van der Waals surface area contributed by atoms with E-state index in [0.29, 0.717) is 0 Å². The molecule has 0 saturated carbocycles. The van der Waals surface area contributed by atoms with Gasteiger partial charge in [-0.1, -0.05) is 75.0 Å². The van der Waals surface area contributed by atoms with Crippen molar-refractivity contribution in [1.82, 2.24) is 0 Å². The minimum Gasteiger partial charge on any atom is -0.0912 e. The first kappa shape index (κ1) is 18.2. The molecule has 0 nitrogen and oxygen atoms in total. The van der Waals surface area contributed by atoms with Gasteiger partial charge in [0.05, 0.1) is 0 Å². The highest BCUT2D eigenvalue weighted by Crippen LogP contribution is 2.49. The maximum absolute atomic E-state index is 4.32. The molecule has 0 aromatic heterocycles. The smallest absolute Gasteiger partial charge is 0.0159 e. The van der Waals surface area contributed by atoms with E-state index in [2.05, 4.69) is 123 Å². The zero-order chi connectivity index (χ0) is 19.2. The molecule has 1 aliphatic rings. The molecule has 0 bridgehead atoms. The lowest BCUT2D eigenvalue weighted by Gasteiger charge is -2.22. The van der Waals surface area contributed by atoms with E-state index in [-0.39, 0.29) is 5.41 Å². The Bertz CT molecular complexity index is 1080. The molecule has 4 rings (SSSR count). The summed E-state index contributed by atoms with van der Waals surface area (Å²) in [6, 6.07) is 22.0. The molecule has 0 atom stereocenters. The molecule has 0 spiro atoms. The van der Waals surface area contributed by atoms with E-state index in [9.17, 15) is 0 Å². The Morgan fingerprint density at radius 1 is 0.926 bits per heavy atom. The second-order valence-corrected chi connectivity index (χ2v) is 9.04. The summed E-state index contributed by atoms with van der Waals surface area (Å²) in [6.45, 7) is 11.1. The largest absolute Gasteiger partial charge is 0.0912 e. The Kier molecular flexibility index (Phi) is 4.59. The lowest BCUT2D eigenvalue weighted by molar-refractivity contribution is 0.659. The van der Waals surface area contributed by atoms with Gasteiger partial charge in [-0.15, -0.1) is 0 Å². The molecule has 3 aromatic rings. The highest BCUT2D eigenvalue weighted by Gasteiger charge is 2.35. The third kappa shape index (κ3) is 3.19. The fourth-order valence-corrected chi connectivity index (χ4v) is 4.46. The van der Waals surface area contributed by atoms with Crippen LogP contribution in [0, 0.1) is 10.5 Å². The average molecular weight is 462 g/mol. The summed E-state index contributed by atoms with van der Waals surface area (Å²) >= 11 is 2.40. The molecule has 134 valence electrons. The average Bonchev–Trinajstić information content (AvgIpc) is 2.87. The minimum absolute atomic E-state index is 0.0157. The first-order chi connectivity index (χ1) is 12.9. The van der Waals surface area contributed by atoms with E-state index in [1.807, 2.05) is 0 Å². The van der Waals surface area contributed by atoms with Crippen molar-refractivity contribution < 1.29 is 0 Å². The number of halogens is 1. The Balaban J connectivity index is 1.70. The van der Waals surface area contributed by atoms with Gasteiger partial charge in [0.2, 0.25) is 0 Å². The number of fused-ring (bicyclic) bond motifs is 3. The molecule has 27 heavy (non-hydrogen) atoms. The van der Waals surface area contributed by atoms with Crippen molar-refractivity contribution in [3.8, 4) is 11.1 Å². The first-order valence-electron chi connectivity index (χ1n) is 9.26. The number of aryl methyl sites for hydroxylation is 1. The van der Waals surface area contributed by atoms with Gasteiger partial charge < -0.3 is 0 Å². The van der Waals surface area contributed by atoms with Gasteiger partial charge in [0, 0.05) is 8.99 Å². The van der Waals surface area contributed by atoms with E-state index in [1.54, 1.807) is 0 Å². The number of rotatable bonds is 3. The number of hydrogen-bond acceptors (Lipinski definition) is 0. The summed E-state index contributed by atoms with van der Waals surface area (Å²) in [4.78, 5) is 0. The van der Waals surface area contributed by atoms with Crippen LogP contribution in [0.4, 0.5) is 0 Å². The van der Waals surface area contributed by atoms with Crippen LogP contribution in [0.5, 0.6) is 0 Å². The highest BCUT2D eigenvalue weighted by molar-refractivity contribution is 14.1. The molecule has 0 unspecified atom stereocenters. The molecule has 0 radical (unpaired) electrons. The third-order valence-electron chi connectivity index (χ3n) is 5.66. The first-order valence-corrected chi connectivity index (χ1v) is 10.3. The van der Waals surface area contributed by atoms with Crippen LogP contribution in [0.3, 0.4) is 0 Å². The van der Waals surface area contributed by atoms with Gasteiger partial charge in [0.1, 0.15) is 0 Å². The van der Waals surface area contributed by atoms with Crippen LogP contribution < -0.4 is 0 Å². The van der Waals surface area contributed by atoms with E-state index in [0.717, 1.165) is 5.57 Å². The van der Waals surface area contributed by atoms with Gasteiger partial charge in [-0.2, -0.15) is 0 Å². The number of benzene rings is 3. The molecule has 1 aliphatic carbocycles. The molecule has 0 amide bonds. The summed E-state index contributed by atoms with van der Waals surface area (Å²) in [7, 11) is 0. The Hall–Kier alpha value is -2.13. The molecule has 0 heterocycles. The van der Waals surface area contributed by atoms with Crippen LogP contribution in [-0.2, 0) is 5.41 Å². The Morgan fingerprint density at radius 3 is 2.33 bits per heavy atom. The third-order valence-corrected chi connectivity index (χ3v) is 6.33. The van der Waals surface area contributed by atoms with Crippen LogP contribution >= 0.6 is 22.6 Å². The fourth-order valence-electron chi connectivity index (χ4n) is 3.97. The van der Waals surface area contributed by atoms with Gasteiger partial charge in [-0.3, -0.25) is 0 Å². The highest BCUT2D eigenvalue weighted by atomic mass is 127. The zero-order valence-corrected chi connectivity index (χ0v) is 18.2. The van der Waals surface area contributed by atoms with Gasteiger partial charge in [0.15, 0.2) is 0 Å². The predicted molar refractivity (Wildman–Crippen MR) is 126 cm³/mol. The van der Waals surface area contributed by atoms with Crippen molar-refractivity contribution in [2.75, 3.05) is 0 Å². The van der Waals surface area contributed by atoms with E-state index >= 15 is 0 Å². The summed E-state index contributed by atoms with van der Waals surface area (Å²) in [5.41, 5.74) is 10.3. The van der Waals surface area contributed by atoms with Crippen molar-refractivity contribution in [3.63, 3.8) is 0 Å². The van der Waals surface area contributed by atoms with Gasteiger partial charge in [-0.25, -0.2) is 0 Å². The topological polar surface area (TPSA) is 0 Å². The lowest BCUT2D eigenvalue weighted by atomic mass is 9.81. The van der Waals surface area contributed by atoms with E-state index in [1.165, 1.54) is 42.5 Å². The van der Waals surface area contributed by atoms with Crippen molar-refractivity contribution in [3.05, 3.63) is 105 Å². The molecule has 0 saturated heterocycles. The molecule has 0 fully saturated rings. The summed E-state index contributed by atoms with van der Waals surface area (Å²) in [6.07, 6.45) is 4.29. The molecule has 0 N–H and O–H groups in total. The van der Waals surface area contributed by atoms with Gasteiger partial charge >= 0.3 is 0 Å². The van der Waals surface area contributed by atoms with Crippen LogP contribution in [-0.4, -0.2) is 0 Å². The summed E-state index contributed by atoms with van der Waals surface area (Å²) < 4.78 is 1.29. The van der Waals surface area contributed by atoms with E-state index < -0.39 is 0 Å². The van der Waals surface area contributed by atoms with Crippen molar-refractivity contribution >= 4 is 34.2 Å². The Morgan fingerprint density at radius 2 is 1.59 bits per heavy atom. The second-order valence-electron chi connectivity index (χ2n) is 7.79. The molecule has 0 aliphatic heterocycles. The quantitative estimate of drug-likeness (QED) is 0.277. The van der Waals surface area contributed by atoms with Gasteiger partial charge in [0.25, 0.3) is 0 Å². The van der Waals surface area contributed by atoms with Crippen molar-refractivity contribution in [2.45, 2.75) is 26.2 Å². The minimum atomic E-state index is 0.0157. The molecular weight excluding hydrogens is 439 g/mol. The van der Waals surface area contributed by atoms with Crippen LogP contribution in [0.2, 0.25) is 0 Å². The maximum atomic E-state index is 4.32. The standard InChI is InChI=1S/C26H23I/c1-17-7-5-6-8-19(17)10-9-18(2)20-11-13-22-23-14-12-21(27)16-25(23)26(3,4)24(22)15-20/h5-16H,2H2,1,3-4H3/b10-9-. The summed E-state index contributed by atoms with van der Waals surface area (Å²) in [5, 5.41) is 0. The van der Waals surface area contributed by atoms with Crippen LogP contribution in [0.15, 0.2) is 73.3 Å². The maximum Gasteiger partial charge on any atom is 0.0159 e. The van der Waals surface area contributed by atoms with Gasteiger partial charge in [-0.05, 0) is 92.2 Å². The number of hydrogen-bond donors (Lipinski definition) is 0. The molecule has 3 aromatic carbocycles. The Labute approximate surface area is 175 Å². The predicted octanol–water partition coefficient (Wildman–Crippen LogP) is 7.63. The molecule has 1 heteroatoms. The fraction of sp³-hybridized carbons (Fsp3) is 0.154. The zero-order valence-electron chi connectivity index (χ0n) is 16.0. The monoisotopic (exact) mass is 462 g/mol. The van der Waals surface area contributed by atoms with Crippen molar-refractivity contribution in [2.24, 2.45) is 0 Å². The lowest BCUT2D eigenvalue weighted by Crippen LogP contribution is -2.15. The summed E-state index contributed by atoms with van der Waals surface area (Å²) in [5.74, 6) is 0. The number of allylic oxidation sites excluding steroid dienone is 2. The second kappa shape index (κ2) is 6.79. The van der Waals surface area contributed by atoms with Crippen molar-refractivity contribution in [1.29, 1.82) is 0 Å². The van der Waals surface area contributed by atoms with E-state index in [4.69, 9.17) is 0 Å². The molecular formula is C26H23I.